The maximum Gasteiger partial charge on any atom is 0.308 e. The average molecular weight is 234 g/mol. The van der Waals surface area contributed by atoms with Crippen molar-refractivity contribution in [3.8, 4) is 0 Å². The van der Waals surface area contributed by atoms with Crippen molar-refractivity contribution in [3.05, 3.63) is 36.1 Å². The zero-order valence-electron chi connectivity index (χ0n) is 9.55. The number of ether oxygens (including phenoxy) is 1. The van der Waals surface area contributed by atoms with E-state index in [1.54, 1.807) is 6.26 Å². The van der Waals surface area contributed by atoms with Gasteiger partial charge in [-0.15, -0.1) is 0 Å². The highest BCUT2D eigenvalue weighted by atomic mass is 16.5. The van der Waals surface area contributed by atoms with E-state index >= 15 is 0 Å². The number of rotatable bonds is 4. The van der Waals surface area contributed by atoms with Gasteiger partial charge in [-0.3, -0.25) is 4.79 Å². The largest absolute Gasteiger partial charge is 0.469 e. The maximum absolute atomic E-state index is 11.0. The highest BCUT2D eigenvalue weighted by Crippen LogP contribution is 2.22. The van der Waals surface area contributed by atoms with Crippen LogP contribution in [-0.2, 0) is 16.0 Å². The molecule has 1 atom stereocenters. The molecule has 90 valence electrons. The molecule has 1 aromatic carbocycles. The van der Waals surface area contributed by atoms with Crippen molar-refractivity contribution in [2.24, 2.45) is 0 Å². The number of esters is 1. The Bertz CT molecular complexity index is 515. The van der Waals surface area contributed by atoms with Gasteiger partial charge < -0.3 is 14.3 Å². The van der Waals surface area contributed by atoms with E-state index in [1.807, 2.05) is 24.3 Å². The fourth-order valence-corrected chi connectivity index (χ4v) is 1.79. The first-order valence-corrected chi connectivity index (χ1v) is 5.40. The van der Waals surface area contributed by atoms with E-state index < -0.39 is 12.1 Å². The van der Waals surface area contributed by atoms with Crippen molar-refractivity contribution in [3.63, 3.8) is 0 Å². The lowest BCUT2D eigenvalue weighted by atomic mass is 10.1. The van der Waals surface area contributed by atoms with Gasteiger partial charge in [0.2, 0.25) is 0 Å². The van der Waals surface area contributed by atoms with Crippen LogP contribution in [0.2, 0.25) is 0 Å². The number of benzene rings is 1. The van der Waals surface area contributed by atoms with Crippen molar-refractivity contribution < 1.29 is 19.1 Å². The number of aliphatic hydroxyl groups is 1. The van der Waals surface area contributed by atoms with Gasteiger partial charge in [0.05, 0.1) is 25.9 Å². The lowest BCUT2D eigenvalue weighted by Crippen LogP contribution is -2.16. The van der Waals surface area contributed by atoms with Crippen LogP contribution in [0.5, 0.6) is 0 Å². The summed E-state index contributed by atoms with van der Waals surface area (Å²) in [5, 5.41) is 10.7. The smallest absolute Gasteiger partial charge is 0.308 e. The highest BCUT2D eigenvalue weighted by molar-refractivity contribution is 5.81. The van der Waals surface area contributed by atoms with E-state index in [9.17, 15) is 9.90 Å². The molecule has 0 spiro atoms. The van der Waals surface area contributed by atoms with Crippen molar-refractivity contribution in [1.82, 2.24) is 0 Å². The second kappa shape index (κ2) is 5.01. The van der Waals surface area contributed by atoms with Gasteiger partial charge in [-0.25, -0.2) is 0 Å². The Kier molecular flexibility index (Phi) is 3.44. The summed E-state index contributed by atoms with van der Waals surface area (Å²) >= 11 is 0. The van der Waals surface area contributed by atoms with Gasteiger partial charge in [-0.1, -0.05) is 18.2 Å². The van der Waals surface area contributed by atoms with Crippen LogP contribution in [-0.4, -0.2) is 24.3 Å². The Morgan fingerprint density at radius 1 is 1.47 bits per heavy atom. The van der Waals surface area contributed by atoms with Crippen LogP contribution in [0, 0.1) is 0 Å². The number of fused-ring (bicyclic) bond motifs is 1. The summed E-state index contributed by atoms with van der Waals surface area (Å²) in [5.74, 6) is -0.412. The van der Waals surface area contributed by atoms with E-state index in [2.05, 4.69) is 4.74 Å². The molecule has 0 aliphatic carbocycles. The zero-order valence-corrected chi connectivity index (χ0v) is 9.55. The minimum atomic E-state index is -0.747. The number of para-hydroxylation sites is 1. The SMILES string of the molecule is COC(=O)C[C@@H](O)Cc1coc2ccccc12. The Morgan fingerprint density at radius 2 is 2.24 bits per heavy atom. The fourth-order valence-electron chi connectivity index (χ4n) is 1.79. The predicted octanol–water partition coefficient (Wildman–Crippen LogP) is 1.90. The number of furan rings is 1. The van der Waals surface area contributed by atoms with Crippen LogP contribution in [0.3, 0.4) is 0 Å². The zero-order chi connectivity index (χ0) is 12.3. The lowest BCUT2D eigenvalue weighted by Gasteiger charge is -2.07. The topological polar surface area (TPSA) is 59.7 Å². The summed E-state index contributed by atoms with van der Waals surface area (Å²) in [5.41, 5.74) is 1.68. The molecular formula is C13H14O4. The van der Waals surface area contributed by atoms with Crippen LogP contribution < -0.4 is 0 Å². The first-order valence-electron chi connectivity index (χ1n) is 5.40. The summed E-state index contributed by atoms with van der Waals surface area (Å²) in [7, 11) is 1.31. The second-order valence-electron chi connectivity index (χ2n) is 3.90. The number of hydrogen-bond donors (Lipinski definition) is 1. The summed E-state index contributed by atoms with van der Waals surface area (Å²) in [4.78, 5) is 11.0. The van der Waals surface area contributed by atoms with E-state index in [-0.39, 0.29) is 6.42 Å². The first-order chi connectivity index (χ1) is 8.20. The van der Waals surface area contributed by atoms with Gasteiger partial charge in [0.1, 0.15) is 5.58 Å². The molecular weight excluding hydrogens is 220 g/mol. The molecule has 0 bridgehead atoms. The second-order valence-corrected chi connectivity index (χ2v) is 3.90. The summed E-state index contributed by atoms with van der Waals surface area (Å²) in [6.45, 7) is 0. The molecule has 0 unspecified atom stereocenters. The first kappa shape index (κ1) is 11.7. The van der Waals surface area contributed by atoms with Crippen LogP contribution in [0.4, 0.5) is 0 Å². The van der Waals surface area contributed by atoms with Crippen molar-refractivity contribution in [2.75, 3.05) is 7.11 Å². The Balaban J connectivity index is 2.10. The molecule has 1 aromatic heterocycles. The third-order valence-corrected chi connectivity index (χ3v) is 2.65. The Morgan fingerprint density at radius 3 is 3.00 bits per heavy atom. The lowest BCUT2D eigenvalue weighted by molar-refractivity contribution is -0.142. The minimum absolute atomic E-state index is 0.00396. The molecule has 4 heteroatoms. The van der Waals surface area contributed by atoms with Crippen molar-refractivity contribution in [2.45, 2.75) is 18.9 Å². The fraction of sp³-hybridized carbons (Fsp3) is 0.308. The molecule has 0 fully saturated rings. The van der Waals surface area contributed by atoms with Crippen LogP contribution in [0.25, 0.3) is 11.0 Å². The number of carbonyl (C=O) groups excluding carboxylic acids is 1. The Hall–Kier alpha value is -1.81. The predicted molar refractivity (Wildman–Crippen MR) is 62.6 cm³/mol. The number of hydrogen-bond acceptors (Lipinski definition) is 4. The molecule has 1 heterocycles. The third kappa shape index (κ3) is 2.65. The van der Waals surface area contributed by atoms with E-state index in [0.29, 0.717) is 6.42 Å². The number of aliphatic hydroxyl groups excluding tert-OH is 1. The van der Waals surface area contributed by atoms with Gasteiger partial charge >= 0.3 is 5.97 Å². The standard InChI is InChI=1S/C13H14O4/c1-16-13(15)7-10(14)6-9-8-17-12-5-3-2-4-11(9)12/h2-5,8,10,14H,6-7H2,1H3/t10-/m0/s1. The van der Waals surface area contributed by atoms with Gasteiger partial charge in [-0.2, -0.15) is 0 Å². The molecule has 0 saturated heterocycles. The molecule has 0 aliphatic heterocycles. The number of carbonyl (C=O) groups is 1. The van der Waals surface area contributed by atoms with Gasteiger partial charge in [0, 0.05) is 17.4 Å². The Labute approximate surface area is 98.8 Å². The normalized spacial score (nSPS) is 12.6. The molecule has 0 radical (unpaired) electrons. The van der Waals surface area contributed by atoms with E-state index in [0.717, 1.165) is 16.5 Å². The maximum atomic E-state index is 11.0. The molecule has 0 saturated carbocycles. The van der Waals surface area contributed by atoms with Gasteiger partial charge in [0.15, 0.2) is 0 Å². The summed E-state index contributed by atoms with van der Waals surface area (Å²) < 4.78 is 9.86. The van der Waals surface area contributed by atoms with Crippen molar-refractivity contribution in [1.29, 1.82) is 0 Å². The average Bonchev–Trinajstić information content (AvgIpc) is 2.72. The molecule has 2 aromatic rings. The van der Waals surface area contributed by atoms with Gasteiger partial charge in [0.25, 0.3) is 0 Å². The summed E-state index contributed by atoms with van der Waals surface area (Å²) in [6.07, 6.45) is 1.25. The molecule has 2 rings (SSSR count). The van der Waals surface area contributed by atoms with E-state index in [4.69, 9.17) is 4.42 Å². The molecule has 1 N–H and O–H groups in total. The minimum Gasteiger partial charge on any atom is -0.469 e. The molecule has 0 aliphatic rings. The van der Waals surface area contributed by atoms with Crippen LogP contribution in [0.1, 0.15) is 12.0 Å². The molecule has 0 amide bonds. The highest BCUT2D eigenvalue weighted by Gasteiger charge is 2.14. The monoisotopic (exact) mass is 234 g/mol. The molecule has 4 nitrogen and oxygen atoms in total. The third-order valence-electron chi connectivity index (χ3n) is 2.65. The van der Waals surface area contributed by atoms with Crippen LogP contribution in [0.15, 0.2) is 34.9 Å². The van der Waals surface area contributed by atoms with Crippen molar-refractivity contribution >= 4 is 16.9 Å². The summed E-state index contributed by atoms with van der Waals surface area (Å²) in [6, 6.07) is 7.60. The number of methoxy groups -OCH3 is 1. The van der Waals surface area contributed by atoms with Gasteiger partial charge in [-0.05, 0) is 6.07 Å². The van der Waals surface area contributed by atoms with Crippen LogP contribution >= 0.6 is 0 Å². The quantitative estimate of drug-likeness (QED) is 0.821. The van der Waals surface area contributed by atoms with E-state index in [1.165, 1.54) is 7.11 Å². The molecule has 17 heavy (non-hydrogen) atoms.